The minimum absolute atomic E-state index is 0.0248. The molecule has 0 spiro atoms. The van der Waals surface area contributed by atoms with Gasteiger partial charge in [0.1, 0.15) is 5.69 Å². The molecule has 1 N–H and O–H groups in total. The van der Waals surface area contributed by atoms with E-state index < -0.39 is 11.2 Å². The maximum Gasteiger partial charge on any atom is 0.445 e. The first-order chi connectivity index (χ1) is 13.7. The van der Waals surface area contributed by atoms with Crippen LogP contribution >= 0.6 is 22.9 Å². The number of rotatable bonds is 6. The van der Waals surface area contributed by atoms with Gasteiger partial charge < -0.3 is 5.32 Å². The maximum absolute atomic E-state index is 13.1. The van der Waals surface area contributed by atoms with Crippen molar-refractivity contribution >= 4 is 39.9 Å². The van der Waals surface area contributed by atoms with Crippen molar-refractivity contribution in [3.8, 4) is 11.3 Å². The number of fused-ring (bicyclic) bond motifs is 1. The van der Waals surface area contributed by atoms with Gasteiger partial charge in [-0.05, 0) is 25.0 Å². The molecule has 0 saturated carbocycles. The number of hydrogen-bond acceptors (Lipinski definition) is 4. The number of carbonyl (C=O) groups excluding carboxylic acids is 1. The summed E-state index contributed by atoms with van der Waals surface area (Å²) in [4.78, 5) is 16.6. The van der Waals surface area contributed by atoms with E-state index in [0.717, 1.165) is 17.4 Å². The van der Waals surface area contributed by atoms with E-state index in [4.69, 9.17) is 11.6 Å². The fourth-order valence-corrected chi connectivity index (χ4v) is 3.78. The third-order valence-corrected chi connectivity index (χ3v) is 5.62. The lowest BCUT2D eigenvalue weighted by Gasteiger charge is -2.12. The lowest BCUT2D eigenvalue weighted by atomic mass is 10.1. The van der Waals surface area contributed by atoms with E-state index in [9.17, 15) is 18.0 Å². The largest absolute Gasteiger partial charge is 0.445 e. The zero-order valence-electron chi connectivity index (χ0n) is 15.6. The molecule has 0 saturated heterocycles. The molecule has 0 aliphatic heterocycles. The van der Waals surface area contributed by atoms with Crippen LogP contribution in [-0.2, 0) is 11.0 Å². The molecule has 1 aromatic carbocycles. The van der Waals surface area contributed by atoms with E-state index in [1.54, 1.807) is 24.3 Å². The molecule has 0 aliphatic rings. The monoisotopic (exact) mass is 442 g/mol. The summed E-state index contributed by atoms with van der Waals surface area (Å²) in [6, 6.07) is 6.88. The molecule has 2 aromatic heterocycles. The Balaban J connectivity index is 2.07. The Bertz CT molecular complexity index is 1050. The Kier molecular flexibility index (Phi) is 6.28. The van der Waals surface area contributed by atoms with Crippen LogP contribution in [0.25, 0.3) is 22.3 Å². The second kappa shape index (κ2) is 8.54. The normalized spacial score (nSPS) is 12.4. The Morgan fingerprint density at radius 1 is 1.31 bits per heavy atom. The van der Waals surface area contributed by atoms with Gasteiger partial charge in [0.25, 0.3) is 0 Å². The van der Waals surface area contributed by atoms with E-state index >= 15 is 0 Å². The average Bonchev–Trinajstić information content (AvgIpc) is 3.23. The first-order valence-electron chi connectivity index (χ1n) is 8.94. The number of imidazole rings is 1. The van der Waals surface area contributed by atoms with Crippen molar-refractivity contribution in [3.05, 3.63) is 46.1 Å². The van der Waals surface area contributed by atoms with Gasteiger partial charge >= 0.3 is 6.18 Å². The minimum Gasteiger partial charge on any atom is -0.350 e. The van der Waals surface area contributed by atoms with Crippen molar-refractivity contribution in [2.45, 2.75) is 38.9 Å². The molecule has 0 unspecified atom stereocenters. The number of halogens is 4. The number of aromatic nitrogens is 3. The van der Waals surface area contributed by atoms with Gasteiger partial charge in [-0.15, -0.1) is 5.10 Å². The van der Waals surface area contributed by atoms with Gasteiger partial charge in [0.2, 0.25) is 15.9 Å². The Morgan fingerprint density at radius 2 is 2.00 bits per heavy atom. The van der Waals surface area contributed by atoms with Crippen LogP contribution < -0.4 is 5.32 Å². The van der Waals surface area contributed by atoms with E-state index in [0.29, 0.717) is 27.6 Å². The molecule has 3 rings (SSSR count). The number of benzene rings is 1. The first-order valence-corrected chi connectivity index (χ1v) is 10.1. The molecular weight excluding hydrogens is 425 g/mol. The molecule has 0 atom stereocenters. The van der Waals surface area contributed by atoms with Gasteiger partial charge in [-0.25, -0.2) is 9.50 Å². The van der Waals surface area contributed by atoms with Gasteiger partial charge in [-0.2, -0.15) is 13.2 Å². The molecular formula is C19H18ClF3N4OS. The predicted molar refractivity (Wildman–Crippen MR) is 108 cm³/mol. The van der Waals surface area contributed by atoms with Gasteiger partial charge in [0.05, 0.1) is 10.7 Å². The number of carbonyl (C=O) groups is 1. The zero-order valence-corrected chi connectivity index (χ0v) is 17.2. The van der Waals surface area contributed by atoms with Crippen LogP contribution in [0.4, 0.5) is 13.2 Å². The summed E-state index contributed by atoms with van der Waals surface area (Å²) >= 11 is 6.68. The van der Waals surface area contributed by atoms with Crippen LogP contribution in [0.2, 0.25) is 5.02 Å². The molecule has 154 valence electrons. The Labute approximate surface area is 174 Å². The van der Waals surface area contributed by atoms with Crippen LogP contribution in [0.1, 0.15) is 37.4 Å². The highest BCUT2D eigenvalue weighted by atomic mass is 35.5. The van der Waals surface area contributed by atoms with E-state index in [2.05, 4.69) is 15.4 Å². The summed E-state index contributed by atoms with van der Waals surface area (Å²) in [5.41, 5.74) is 1.15. The Hall–Kier alpha value is -2.39. The van der Waals surface area contributed by atoms with Crippen LogP contribution in [0.15, 0.2) is 30.3 Å². The van der Waals surface area contributed by atoms with Crippen molar-refractivity contribution in [1.82, 2.24) is 19.9 Å². The SMILES string of the molecule is CCC(CC)NC(=O)C=Cc1c(-c2ccccc2Cl)nc2sc(C(F)(F)F)nn12. The minimum atomic E-state index is -4.58. The molecule has 1 amide bonds. The number of nitrogens with zero attached hydrogens (tertiary/aromatic N) is 3. The number of hydrogen-bond donors (Lipinski definition) is 1. The van der Waals surface area contributed by atoms with Crippen molar-refractivity contribution in [2.24, 2.45) is 0 Å². The summed E-state index contributed by atoms with van der Waals surface area (Å²) in [5, 5.41) is 5.88. The summed E-state index contributed by atoms with van der Waals surface area (Å²) in [6.45, 7) is 3.92. The zero-order chi connectivity index (χ0) is 21.2. The van der Waals surface area contributed by atoms with Gasteiger partial charge in [-0.3, -0.25) is 4.79 Å². The smallest absolute Gasteiger partial charge is 0.350 e. The first kappa shape index (κ1) is 21.3. The fraction of sp³-hybridized carbons (Fsp3) is 0.316. The van der Waals surface area contributed by atoms with Crippen molar-refractivity contribution in [2.75, 3.05) is 0 Å². The molecule has 2 heterocycles. The van der Waals surface area contributed by atoms with Crippen molar-refractivity contribution in [3.63, 3.8) is 0 Å². The quantitative estimate of drug-likeness (QED) is 0.516. The molecule has 29 heavy (non-hydrogen) atoms. The van der Waals surface area contributed by atoms with Crippen molar-refractivity contribution < 1.29 is 18.0 Å². The number of alkyl halides is 3. The molecule has 3 aromatic rings. The maximum atomic E-state index is 13.1. The van der Waals surface area contributed by atoms with Crippen LogP contribution in [0, 0.1) is 0 Å². The number of amides is 1. The molecule has 10 heteroatoms. The highest BCUT2D eigenvalue weighted by Crippen LogP contribution is 2.36. The average molecular weight is 443 g/mol. The summed E-state index contributed by atoms with van der Waals surface area (Å²) in [7, 11) is 0. The van der Waals surface area contributed by atoms with Crippen molar-refractivity contribution in [1.29, 1.82) is 0 Å². The lowest BCUT2D eigenvalue weighted by Crippen LogP contribution is -2.32. The predicted octanol–water partition coefficient (Wildman–Crippen LogP) is 5.45. The summed E-state index contributed by atoms with van der Waals surface area (Å²) in [5.74, 6) is -0.343. The fourth-order valence-electron chi connectivity index (χ4n) is 2.78. The van der Waals surface area contributed by atoms with Gasteiger partial charge in [-0.1, -0.05) is 55.0 Å². The molecule has 0 fully saturated rings. The van der Waals surface area contributed by atoms with E-state index in [1.807, 2.05) is 13.8 Å². The summed E-state index contributed by atoms with van der Waals surface area (Å²) in [6.07, 6.45) is -0.341. The van der Waals surface area contributed by atoms with Gasteiger partial charge in [0.15, 0.2) is 0 Å². The molecule has 0 bridgehead atoms. The third-order valence-electron chi connectivity index (χ3n) is 4.33. The van der Waals surface area contributed by atoms with Gasteiger partial charge in [0, 0.05) is 17.7 Å². The third kappa shape index (κ3) is 4.62. The second-order valence-electron chi connectivity index (χ2n) is 6.28. The topological polar surface area (TPSA) is 59.3 Å². The second-order valence-corrected chi connectivity index (χ2v) is 7.64. The highest BCUT2D eigenvalue weighted by Gasteiger charge is 2.36. The van der Waals surface area contributed by atoms with Crippen LogP contribution in [0.3, 0.4) is 0 Å². The van der Waals surface area contributed by atoms with Crippen LogP contribution in [-0.4, -0.2) is 26.5 Å². The molecule has 0 aliphatic carbocycles. The lowest BCUT2D eigenvalue weighted by molar-refractivity contribution is -0.138. The molecule has 0 radical (unpaired) electrons. The molecule has 5 nitrogen and oxygen atoms in total. The highest BCUT2D eigenvalue weighted by molar-refractivity contribution is 7.16. The van der Waals surface area contributed by atoms with E-state index in [1.165, 1.54) is 12.2 Å². The number of nitrogens with one attached hydrogen (secondary N) is 1. The van der Waals surface area contributed by atoms with Crippen LogP contribution in [0.5, 0.6) is 0 Å². The standard InChI is InChI=1S/C19H18ClF3N4OS/c1-3-11(4-2)24-15(28)10-9-14-16(12-7-5-6-8-13(12)20)25-18-27(14)26-17(29-18)19(21,22)23/h5-11H,3-4H2,1-2H3,(H,24,28). The summed E-state index contributed by atoms with van der Waals surface area (Å²) < 4.78 is 40.3. The Morgan fingerprint density at radius 3 is 2.62 bits per heavy atom. The van der Waals surface area contributed by atoms with E-state index in [-0.39, 0.29) is 22.6 Å².